The number of nitro groups is 1. The van der Waals surface area contributed by atoms with Gasteiger partial charge in [-0.3, -0.25) is 10.1 Å². The van der Waals surface area contributed by atoms with E-state index in [1.54, 1.807) is 6.07 Å². The van der Waals surface area contributed by atoms with Crippen molar-refractivity contribution in [2.24, 2.45) is 0 Å². The monoisotopic (exact) mass is 253 g/mol. The number of benzene rings is 1. The van der Waals surface area contributed by atoms with Crippen LogP contribution in [0.5, 0.6) is 0 Å². The van der Waals surface area contributed by atoms with Crippen LogP contribution in [0.2, 0.25) is 0 Å². The van der Waals surface area contributed by atoms with Crippen LogP contribution < -0.4 is 4.90 Å². The van der Waals surface area contributed by atoms with Gasteiger partial charge >= 0.3 is 0 Å². The Balaban J connectivity index is 3.00. The van der Waals surface area contributed by atoms with Gasteiger partial charge in [0.25, 0.3) is 5.69 Å². The van der Waals surface area contributed by atoms with E-state index in [0.717, 1.165) is 5.69 Å². The van der Waals surface area contributed by atoms with Crippen molar-refractivity contribution in [1.29, 1.82) is 5.26 Å². The summed E-state index contributed by atoms with van der Waals surface area (Å²) in [5, 5.41) is 19.1. The maximum atomic E-state index is 10.6. The number of hydrogen-bond donors (Lipinski definition) is 0. The Morgan fingerprint density at radius 1 is 1.59 bits per heavy atom. The van der Waals surface area contributed by atoms with Gasteiger partial charge in [-0.05, 0) is 11.6 Å². The molecular formula is C11H12ClN3O2. The minimum atomic E-state index is -0.449. The molecule has 0 fully saturated rings. The van der Waals surface area contributed by atoms with Crippen molar-refractivity contribution in [3.8, 4) is 6.07 Å². The lowest BCUT2D eigenvalue weighted by molar-refractivity contribution is -0.384. The second-order valence-electron chi connectivity index (χ2n) is 3.53. The van der Waals surface area contributed by atoms with Gasteiger partial charge in [-0.25, -0.2) is 0 Å². The van der Waals surface area contributed by atoms with Crippen LogP contribution in [-0.4, -0.2) is 18.5 Å². The first kappa shape index (κ1) is 13.3. The Morgan fingerprint density at radius 2 is 2.29 bits per heavy atom. The zero-order valence-electron chi connectivity index (χ0n) is 9.39. The summed E-state index contributed by atoms with van der Waals surface area (Å²) < 4.78 is 0. The molecule has 0 amide bonds. The van der Waals surface area contributed by atoms with Crippen LogP contribution in [0.15, 0.2) is 18.2 Å². The van der Waals surface area contributed by atoms with E-state index in [9.17, 15) is 10.1 Å². The highest BCUT2D eigenvalue weighted by Crippen LogP contribution is 2.26. The van der Waals surface area contributed by atoms with Crippen molar-refractivity contribution in [2.75, 3.05) is 18.5 Å². The van der Waals surface area contributed by atoms with Gasteiger partial charge in [-0.1, -0.05) is 0 Å². The molecule has 0 saturated heterocycles. The molecule has 0 saturated carbocycles. The van der Waals surface area contributed by atoms with Crippen molar-refractivity contribution in [3.05, 3.63) is 33.9 Å². The lowest BCUT2D eigenvalue weighted by atomic mass is 10.1. The number of nitriles is 1. The van der Waals surface area contributed by atoms with Crippen LogP contribution in [-0.2, 0) is 5.88 Å². The largest absolute Gasteiger partial charge is 0.373 e. The molecule has 0 heterocycles. The summed E-state index contributed by atoms with van der Waals surface area (Å²) in [4.78, 5) is 12.0. The van der Waals surface area contributed by atoms with Crippen molar-refractivity contribution >= 4 is 23.0 Å². The zero-order chi connectivity index (χ0) is 12.8. The van der Waals surface area contributed by atoms with Crippen LogP contribution in [0.1, 0.15) is 12.0 Å². The molecule has 6 heteroatoms. The van der Waals surface area contributed by atoms with E-state index in [1.165, 1.54) is 12.1 Å². The van der Waals surface area contributed by atoms with E-state index in [-0.39, 0.29) is 11.6 Å². The highest BCUT2D eigenvalue weighted by molar-refractivity contribution is 6.17. The first-order valence-corrected chi connectivity index (χ1v) is 5.55. The van der Waals surface area contributed by atoms with Crippen LogP contribution in [0.25, 0.3) is 0 Å². The fraction of sp³-hybridized carbons (Fsp3) is 0.364. The Bertz CT molecular complexity index is 457. The normalized spacial score (nSPS) is 9.71. The Morgan fingerprint density at radius 3 is 2.82 bits per heavy atom. The molecule has 0 spiro atoms. The van der Waals surface area contributed by atoms with E-state index in [4.69, 9.17) is 16.9 Å². The highest BCUT2D eigenvalue weighted by atomic mass is 35.5. The summed E-state index contributed by atoms with van der Waals surface area (Å²) in [7, 11) is 1.83. The number of nitrogens with zero attached hydrogens (tertiary/aromatic N) is 3. The van der Waals surface area contributed by atoms with Crippen LogP contribution in [0, 0.1) is 21.4 Å². The average Bonchev–Trinajstić information content (AvgIpc) is 2.34. The minimum Gasteiger partial charge on any atom is -0.373 e. The predicted molar refractivity (Wildman–Crippen MR) is 66.2 cm³/mol. The Kier molecular flexibility index (Phi) is 4.73. The molecule has 0 atom stereocenters. The van der Waals surface area contributed by atoms with Crippen LogP contribution >= 0.6 is 11.6 Å². The maximum Gasteiger partial charge on any atom is 0.269 e. The highest BCUT2D eigenvalue weighted by Gasteiger charge is 2.12. The Hall–Kier alpha value is -1.80. The quantitative estimate of drug-likeness (QED) is 0.460. The number of halogens is 1. The van der Waals surface area contributed by atoms with Gasteiger partial charge in [0.1, 0.15) is 0 Å². The second kappa shape index (κ2) is 6.06. The molecule has 0 unspecified atom stereocenters. The lowest BCUT2D eigenvalue weighted by Crippen LogP contribution is -2.19. The molecule has 1 rings (SSSR count). The molecule has 0 aliphatic heterocycles. The Labute approximate surface area is 104 Å². The smallest absolute Gasteiger partial charge is 0.269 e. The molecule has 0 aliphatic carbocycles. The van der Waals surface area contributed by atoms with Gasteiger partial charge in [0.15, 0.2) is 0 Å². The fourth-order valence-corrected chi connectivity index (χ4v) is 1.72. The molecule has 1 aromatic carbocycles. The van der Waals surface area contributed by atoms with Crippen molar-refractivity contribution < 1.29 is 4.92 Å². The SMILES string of the molecule is CN(CCC#N)c1ccc([N+](=O)[O-])cc1CCl. The predicted octanol–water partition coefficient (Wildman–Crippen LogP) is 2.68. The third kappa shape index (κ3) is 3.33. The first-order valence-electron chi connectivity index (χ1n) is 5.01. The molecule has 90 valence electrons. The summed E-state index contributed by atoms with van der Waals surface area (Å²) in [6.45, 7) is 0.568. The summed E-state index contributed by atoms with van der Waals surface area (Å²) in [6, 6.07) is 6.61. The number of nitro benzene ring substituents is 1. The van der Waals surface area contributed by atoms with E-state index in [0.29, 0.717) is 18.5 Å². The van der Waals surface area contributed by atoms with Crippen molar-refractivity contribution in [1.82, 2.24) is 0 Å². The molecule has 17 heavy (non-hydrogen) atoms. The van der Waals surface area contributed by atoms with Gasteiger partial charge in [-0.2, -0.15) is 5.26 Å². The fourth-order valence-electron chi connectivity index (χ4n) is 1.50. The zero-order valence-corrected chi connectivity index (χ0v) is 10.1. The topological polar surface area (TPSA) is 70.2 Å². The van der Waals surface area contributed by atoms with Gasteiger partial charge in [0.2, 0.25) is 0 Å². The van der Waals surface area contributed by atoms with Crippen LogP contribution in [0.4, 0.5) is 11.4 Å². The lowest BCUT2D eigenvalue weighted by Gasteiger charge is -2.20. The molecule has 1 aromatic rings. The first-order chi connectivity index (χ1) is 8.10. The molecule has 0 bridgehead atoms. The molecule has 0 aromatic heterocycles. The number of non-ortho nitro benzene ring substituents is 1. The van der Waals surface area contributed by atoms with E-state index >= 15 is 0 Å². The number of rotatable bonds is 5. The van der Waals surface area contributed by atoms with Crippen LogP contribution in [0.3, 0.4) is 0 Å². The molecule has 5 nitrogen and oxygen atoms in total. The molecule has 0 radical (unpaired) electrons. The third-order valence-electron chi connectivity index (χ3n) is 2.39. The second-order valence-corrected chi connectivity index (χ2v) is 3.80. The van der Waals surface area contributed by atoms with Gasteiger partial charge in [-0.15, -0.1) is 11.6 Å². The summed E-state index contributed by atoms with van der Waals surface area (Å²) in [6.07, 6.45) is 0.398. The van der Waals surface area contributed by atoms with E-state index in [2.05, 4.69) is 6.07 Å². The summed E-state index contributed by atoms with van der Waals surface area (Å²) >= 11 is 5.77. The maximum absolute atomic E-state index is 10.6. The van der Waals surface area contributed by atoms with E-state index < -0.39 is 4.92 Å². The average molecular weight is 254 g/mol. The molecule has 0 N–H and O–H groups in total. The minimum absolute atomic E-state index is 0.0260. The standard InChI is InChI=1S/C11H12ClN3O2/c1-14(6-2-5-13)11-4-3-10(15(16)17)7-9(11)8-12/h3-4,7H,2,6,8H2,1H3. The van der Waals surface area contributed by atoms with Crippen molar-refractivity contribution in [3.63, 3.8) is 0 Å². The summed E-state index contributed by atoms with van der Waals surface area (Å²) in [5.41, 5.74) is 1.54. The molecular weight excluding hydrogens is 242 g/mol. The van der Waals surface area contributed by atoms with Crippen molar-refractivity contribution in [2.45, 2.75) is 12.3 Å². The van der Waals surface area contributed by atoms with E-state index in [1.807, 2.05) is 11.9 Å². The summed E-state index contributed by atoms with van der Waals surface area (Å²) in [5.74, 6) is 0.202. The van der Waals surface area contributed by atoms with Gasteiger partial charge in [0, 0.05) is 37.3 Å². The van der Waals surface area contributed by atoms with Gasteiger partial charge < -0.3 is 4.90 Å². The number of alkyl halides is 1. The third-order valence-corrected chi connectivity index (χ3v) is 2.68. The molecule has 0 aliphatic rings. The number of anilines is 1. The van der Waals surface area contributed by atoms with Gasteiger partial charge in [0.05, 0.1) is 17.4 Å². The number of hydrogen-bond acceptors (Lipinski definition) is 4.